The number of amides is 2. The number of nitrogens with zero attached hydrogens (tertiary/aromatic N) is 4. The van der Waals surface area contributed by atoms with Gasteiger partial charge in [0.1, 0.15) is 4.90 Å². The van der Waals surface area contributed by atoms with E-state index in [0.717, 1.165) is 19.1 Å². The van der Waals surface area contributed by atoms with Crippen LogP contribution in [0, 0.1) is 5.92 Å². The maximum absolute atomic E-state index is 12.4. The predicted molar refractivity (Wildman–Crippen MR) is 127 cm³/mol. The number of carbonyl (C=O) groups excluding carboxylic acids is 2. The van der Waals surface area contributed by atoms with Crippen LogP contribution in [0.15, 0.2) is 41.6 Å². The Morgan fingerprint density at radius 1 is 1.09 bits per heavy atom. The SMILES string of the molecule is CNC(=O)c1nnc(NC(=O)C2CC2)cc1Nc1cccc(-c2ncc(S(C)(=O)=O)cn2)c1OC. The van der Waals surface area contributed by atoms with E-state index in [1.807, 2.05) is 0 Å². The summed E-state index contributed by atoms with van der Waals surface area (Å²) in [5.41, 5.74) is 1.24. The summed E-state index contributed by atoms with van der Waals surface area (Å²) in [6.45, 7) is 0. The molecule has 0 unspecified atom stereocenters. The van der Waals surface area contributed by atoms with Gasteiger partial charge in [0.25, 0.3) is 5.91 Å². The summed E-state index contributed by atoms with van der Waals surface area (Å²) < 4.78 is 29.0. The molecule has 13 heteroatoms. The van der Waals surface area contributed by atoms with Crippen LogP contribution in [0.25, 0.3) is 11.4 Å². The van der Waals surface area contributed by atoms with Gasteiger partial charge in [-0.05, 0) is 25.0 Å². The molecule has 0 spiro atoms. The first-order valence-corrected chi connectivity index (χ1v) is 12.5. The third-order valence-corrected chi connectivity index (χ3v) is 6.29. The van der Waals surface area contributed by atoms with Crippen LogP contribution in [0.3, 0.4) is 0 Å². The number of ether oxygens (including phenoxy) is 1. The monoisotopic (exact) mass is 497 g/mol. The van der Waals surface area contributed by atoms with E-state index in [9.17, 15) is 18.0 Å². The molecule has 1 saturated carbocycles. The normalized spacial score (nSPS) is 13.1. The minimum absolute atomic E-state index is 0.00616. The Labute approximate surface area is 201 Å². The van der Waals surface area contributed by atoms with Crippen molar-refractivity contribution in [3.8, 4) is 17.1 Å². The molecule has 1 aliphatic carbocycles. The van der Waals surface area contributed by atoms with Gasteiger partial charge in [-0.15, -0.1) is 10.2 Å². The van der Waals surface area contributed by atoms with Gasteiger partial charge in [-0.3, -0.25) is 9.59 Å². The lowest BCUT2D eigenvalue weighted by Gasteiger charge is -2.16. The van der Waals surface area contributed by atoms with Crippen LogP contribution in [0.4, 0.5) is 17.2 Å². The number of sulfone groups is 1. The summed E-state index contributed by atoms with van der Waals surface area (Å²) in [6, 6.07) is 6.66. The molecule has 1 aliphatic rings. The lowest BCUT2D eigenvalue weighted by molar-refractivity contribution is -0.117. The van der Waals surface area contributed by atoms with Crippen LogP contribution < -0.4 is 20.7 Å². The quantitative estimate of drug-likeness (QED) is 0.418. The highest BCUT2D eigenvalue weighted by atomic mass is 32.2. The Hall–Kier alpha value is -4.13. The van der Waals surface area contributed by atoms with Gasteiger partial charge in [0, 0.05) is 37.7 Å². The molecular weight excluding hydrogens is 474 g/mol. The van der Waals surface area contributed by atoms with E-state index in [0.29, 0.717) is 17.0 Å². The van der Waals surface area contributed by atoms with Crippen molar-refractivity contribution in [1.29, 1.82) is 0 Å². The van der Waals surface area contributed by atoms with E-state index in [-0.39, 0.29) is 39.7 Å². The first kappa shape index (κ1) is 24.0. The first-order valence-electron chi connectivity index (χ1n) is 10.6. The van der Waals surface area contributed by atoms with Crippen LogP contribution >= 0.6 is 0 Å². The number of nitrogens with one attached hydrogen (secondary N) is 3. The summed E-state index contributed by atoms with van der Waals surface area (Å²) in [6.07, 6.45) is 5.19. The van der Waals surface area contributed by atoms with Gasteiger partial charge >= 0.3 is 0 Å². The van der Waals surface area contributed by atoms with Gasteiger partial charge in [0.2, 0.25) is 5.91 Å². The van der Waals surface area contributed by atoms with Crippen LogP contribution in [0.5, 0.6) is 5.75 Å². The van der Waals surface area contributed by atoms with E-state index < -0.39 is 15.7 Å². The molecule has 12 nitrogen and oxygen atoms in total. The van der Waals surface area contributed by atoms with E-state index in [1.165, 1.54) is 32.6 Å². The van der Waals surface area contributed by atoms with E-state index in [1.54, 1.807) is 18.2 Å². The Balaban J connectivity index is 1.71. The number of benzene rings is 1. The molecule has 1 aromatic carbocycles. The second-order valence-corrected chi connectivity index (χ2v) is 9.88. The smallest absolute Gasteiger partial charge is 0.273 e. The van der Waals surface area contributed by atoms with Crippen molar-refractivity contribution < 1.29 is 22.7 Å². The topological polar surface area (TPSA) is 165 Å². The zero-order valence-corrected chi connectivity index (χ0v) is 20.0. The molecule has 2 amide bonds. The molecule has 2 heterocycles. The lowest BCUT2D eigenvalue weighted by Crippen LogP contribution is -2.22. The van der Waals surface area contributed by atoms with Crippen molar-refractivity contribution in [3.63, 3.8) is 0 Å². The standard InChI is InChI=1S/C22H23N7O5S/c1-23-22(31)18-16(9-17(28-29-18)27-21(30)12-7-8-12)26-15-6-4-5-14(19(15)34-2)20-24-10-13(11-25-20)35(3,32)33/h4-6,9-12H,7-8H2,1-3H3,(H,23,31)(H2,26,27,28,30). The summed E-state index contributed by atoms with van der Waals surface area (Å²) in [5.74, 6) is 0.143. The molecule has 0 aliphatic heterocycles. The molecular formula is C22H23N7O5S. The van der Waals surface area contributed by atoms with Gasteiger partial charge in [0.15, 0.2) is 32.9 Å². The lowest BCUT2D eigenvalue weighted by atomic mass is 10.1. The third kappa shape index (κ3) is 5.35. The van der Waals surface area contributed by atoms with Crippen LogP contribution in [-0.2, 0) is 14.6 Å². The molecule has 0 bridgehead atoms. The van der Waals surface area contributed by atoms with Gasteiger partial charge in [-0.25, -0.2) is 18.4 Å². The van der Waals surface area contributed by atoms with Crippen molar-refractivity contribution in [2.45, 2.75) is 17.7 Å². The largest absolute Gasteiger partial charge is 0.494 e. The molecule has 182 valence electrons. The number of hydrogen-bond acceptors (Lipinski definition) is 10. The molecule has 35 heavy (non-hydrogen) atoms. The summed E-state index contributed by atoms with van der Waals surface area (Å²) in [7, 11) is -0.519. The second kappa shape index (κ2) is 9.62. The number of hydrogen-bond donors (Lipinski definition) is 3. The number of aromatic nitrogens is 4. The van der Waals surface area contributed by atoms with Gasteiger partial charge in [-0.1, -0.05) is 6.07 Å². The molecule has 2 aromatic heterocycles. The summed E-state index contributed by atoms with van der Waals surface area (Å²) in [4.78, 5) is 32.9. The molecule has 0 atom stereocenters. The molecule has 3 aromatic rings. The highest BCUT2D eigenvalue weighted by Gasteiger charge is 2.30. The molecule has 0 radical (unpaired) electrons. The first-order chi connectivity index (χ1) is 16.7. The van der Waals surface area contributed by atoms with Crippen molar-refractivity contribution in [2.75, 3.05) is 31.0 Å². The molecule has 1 fully saturated rings. The minimum Gasteiger partial charge on any atom is -0.494 e. The highest BCUT2D eigenvalue weighted by Crippen LogP contribution is 2.37. The fourth-order valence-electron chi connectivity index (χ4n) is 3.23. The predicted octanol–water partition coefficient (Wildman–Crippen LogP) is 1.80. The average Bonchev–Trinajstić information content (AvgIpc) is 3.69. The highest BCUT2D eigenvalue weighted by molar-refractivity contribution is 7.90. The van der Waals surface area contributed by atoms with Crippen molar-refractivity contribution in [2.24, 2.45) is 5.92 Å². The molecule has 4 rings (SSSR count). The zero-order valence-electron chi connectivity index (χ0n) is 19.2. The number of para-hydroxylation sites is 1. The van der Waals surface area contributed by atoms with Crippen molar-refractivity contribution in [3.05, 3.63) is 42.4 Å². The van der Waals surface area contributed by atoms with E-state index in [2.05, 4.69) is 36.1 Å². The number of rotatable bonds is 8. The summed E-state index contributed by atoms with van der Waals surface area (Å²) in [5, 5.41) is 16.3. The van der Waals surface area contributed by atoms with Crippen LogP contribution in [0.2, 0.25) is 0 Å². The van der Waals surface area contributed by atoms with Crippen LogP contribution in [0.1, 0.15) is 23.3 Å². The fraction of sp³-hybridized carbons (Fsp3) is 0.273. The third-order valence-electron chi connectivity index (χ3n) is 5.22. The van der Waals surface area contributed by atoms with Crippen LogP contribution in [-0.4, -0.2) is 60.8 Å². The minimum atomic E-state index is -3.45. The van der Waals surface area contributed by atoms with Crippen molar-refractivity contribution >= 4 is 38.8 Å². The van der Waals surface area contributed by atoms with Gasteiger partial charge < -0.3 is 20.7 Å². The second-order valence-electron chi connectivity index (χ2n) is 7.86. The Morgan fingerprint density at radius 3 is 2.40 bits per heavy atom. The van der Waals surface area contributed by atoms with Crippen molar-refractivity contribution in [1.82, 2.24) is 25.5 Å². The Bertz CT molecular complexity index is 1390. The number of methoxy groups -OCH3 is 1. The van der Waals surface area contributed by atoms with Gasteiger partial charge in [-0.2, -0.15) is 0 Å². The number of carbonyl (C=O) groups is 2. The fourth-order valence-corrected chi connectivity index (χ4v) is 3.72. The Kier molecular flexibility index (Phi) is 6.60. The summed E-state index contributed by atoms with van der Waals surface area (Å²) >= 11 is 0. The number of anilines is 3. The molecule has 0 saturated heterocycles. The maximum atomic E-state index is 12.4. The molecule has 3 N–H and O–H groups in total. The zero-order chi connectivity index (χ0) is 25.2. The van der Waals surface area contributed by atoms with E-state index >= 15 is 0 Å². The van der Waals surface area contributed by atoms with Gasteiger partial charge in [0.05, 0.1) is 24.0 Å². The van der Waals surface area contributed by atoms with E-state index in [4.69, 9.17) is 4.74 Å². The average molecular weight is 498 g/mol. The maximum Gasteiger partial charge on any atom is 0.273 e. The Morgan fingerprint density at radius 2 is 1.80 bits per heavy atom.